The number of rotatable bonds is 7. The summed E-state index contributed by atoms with van der Waals surface area (Å²) in [5, 5.41) is 3.09. The van der Waals surface area contributed by atoms with E-state index in [1.54, 1.807) is 18.2 Å². The first-order chi connectivity index (χ1) is 12.0. The van der Waals surface area contributed by atoms with Gasteiger partial charge >= 0.3 is 5.97 Å². The third-order valence-electron chi connectivity index (χ3n) is 3.25. The van der Waals surface area contributed by atoms with Crippen LogP contribution in [0.15, 0.2) is 42.5 Å². The van der Waals surface area contributed by atoms with Gasteiger partial charge in [-0.1, -0.05) is 47.5 Å². The zero-order valence-corrected chi connectivity index (χ0v) is 15.1. The van der Waals surface area contributed by atoms with Crippen LogP contribution in [0.4, 0.5) is 5.69 Å². The minimum absolute atomic E-state index is 0.0412. The monoisotopic (exact) mass is 381 g/mol. The van der Waals surface area contributed by atoms with Crippen molar-refractivity contribution in [3.63, 3.8) is 0 Å². The number of esters is 1. The fraction of sp³-hybridized carbons (Fsp3) is 0.222. The van der Waals surface area contributed by atoms with Gasteiger partial charge in [0.2, 0.25) is 0 Å². The van der Waals surface area contributed by atoms with Gasteiger partial charge in [-0.3, -0.25) is 9.59 Å². The Morgan fingerprint density at radius 1 is 1.08 bits per heavy atom. The lowest BCUT2D eigenvalue weighted by Gasteiger charge is -2.10. The number of para-hydroxylation sites is 1. The van der Waals surface area contributed by atoms with Crippen molar-refractivity contribution in [2.24, 2.45) is 0 Å². The molecule has 1 amide bonds. The average Bonchev–Trinajstić information content (AvgIpc) is 2.59. The van der Waals surface area contributed by atoms with E-state index in [9.17, 15) is 9.59 Å². The number of hydrogen-bond donors (Lipinski definition) is 1. The van der Waals surface area contributed by atoms with E-state index in [0.29, 0.717) is 16.5 Å². The van der Waals surface area contributed by atoms with Crippen molar-refractivity contribution in [1.82, 2.24) is 0 Å². The second-order valence-corrected chi connectivity index (χ2v) is 5.96. The third kappa shape index (κ3) is 5.96. The van der Waals surface area contributed by atoms with Gasteiger partial charge in [0.15, 0.2) is 6.61 Å². The Hall–Kier alpha value is -2.24. The quantitative estimate of drug-likeness (QED) is 0.727. The number of amides is 1. The van der Waals surface area contributed by atoms with Crippen LogP contribution in [0.25, 0.3) is 0 Å². The van der Waals surface area contributed by atoms with Gasteiger partial charge in [-0.15, -0.1) is 0 Å². The highest BCUT2D eigenvalue weighted by Crippen LogP contribution is 2.29. The summed E-state index contributed by atoms with van der Waals surface area (Å²) < 4.78 is 10.4. The van der Waals surface area contributed by atoms with Crippen molar-refractivity contribution in [2.45, 2.75) is 13.3 Å². The third-order valence-corrected chi connectivity index (χ3v) is 4.07. The van der Waals surface area contributed by atoms with E-state index in [-0.39, 0.29) is 18.1 Å². The van der Waals surface area contributed by atoms with Gasteiger partial charge in [0.1, 0.15) is 5.75 Å². The molecule has 2 aromatic carbocycles. The molecule has 2 aromatic rings. The molecule has 0 unspecified atom stereocenters. The van der Waals surface area contributed by atoms with Crippen LogP contribution < -0.4 is 10.1 Å². The van der Waals surface area contributed by atoms with Crippen LogP contribution in [-0.4, -0.2) is 25.1 Å². The lowest BCUT2D eigenvalue weighted by molar-refractivity contribution is -0.147. The van der Waals surface area contributed by atoms with Crippen LogP contribution in [-0.2, 0) is 14.3 Å². The summed E-state index contributed by atoms with van der Waals surface area (Å²) >= 11 is 11.8. The molecule has 25 heavy (non-hydrogen) atoms. The van der Waals surface area contributed by atoms with Gasteiger partial charge in [-0.25, -0.2) is 0 Å². The Balaban J connectivity index is 1.71. The van der Waals surface area contributed by atoms with Gasteiger partial charge < -0.3 is 14.8 Å². The lowest BCUT2D eigenvalue weighted by atomic mass is 10.2. The molecule has 0 heterocycles. The molecule has 7 heteroatoms. The summed E-state index contributed by atoms with van der Waals surface area (Å²) in [4.78, 5) is 23.5. The molecule has 0 aromatic heterocycles. The first-order valence-corrected chi connectivity index (χ1v) is 8.31. The number of carbonyl (C=O) groups is 2. The van der Waals surface area contributed by atoms with Crippen molar-refractivity contribution in [3.8, 4) is 5.75 Å². The molecule has 1 N–H and O–H groups in total. The summed E-state index contributed by atoms with van der Waals surface area (Å²) in [5.41, 5.74) is 1.34. The summed E-state index contributed by atoms with van der Waals surface area (Å²) in [7, 11) is 0. The molecular formula is C18H17Cl2NO4. The summed E-state index contributed by atoms with van der Waals surface area (Å²) in [5.74, 6) is -0.318. The SMILES string of the molecule is Cc1ccccc1OCCC(=O)OCC(=O)Nc1cccc(Cl)c1Cl. The van der Waals surface area contributed by atoms with Crippen molar-refractivity contribution >= 4 is 40.8 Å². The maximum atomic E-state index is 11.8. The number of hydrogen-bond acceptors (Lipinski definition) is 4. The molecule has 0 aliphatic rings. The van der Waals surface area contributed by atoms with Crippen molar-refractivity contribution in [1.29, 1.82) is 0 Å². The Labute approximate surface area is 155 Å². The molecule has 5 nitrogen and oxygen atoms in total. The Kier molecular flexibility index (Phi) is 7.10. The van der Waals surface area contributed by atoms with E-state index in [1.165, 1.54) is 0 Å². The van der Waals surface area contributed by atoms with Crippen molar-refractivity contribution in [3.05, 3.63) is 58.1 Å². The van der Waals surface area contributed by atoms with E-state index in [4.69, 9.17) is 32.7 Å². The van der Waals surface area contributed by atoms with Crippen LogP contribution in [0, 0.1) is 6.92 Å². The number of benzene rings is 2. The molecule has 0 spiro atoms. The number of anilines is 1. The van der Waals surface area contributed by atoms with Crippen molar-refractivity contribution < 1.29 is 19.1 Å². The standard InChI is InChI=1S/C18H17Cl2NO4/c1-12-5-2-3-8-15(12)24-10-9-17(23)25-11-16(22)21-14-7-4-6-13(19)18(14)20/h2-8H,9-11H2,1H3,(H,21,22). The van der Waals surface area contributed by atoms with E-state index in [1.807, 2.05) is 31.2 Å². The first kappa shape index (κ1) is 19.1. The smallest absolute Gasteiger partial charge is 0.309 e. The molecule has 0 atom stereocenters. The predicted octanol–water partition coefficient (Wildman–Crippen LogP) is 4.25. The van der Waals surface area contributed by atoms with E-state index >= 15 is 0 Å². The maximum Gasteiger partial charge on any atom is 0.309 e. The Morgan fingerprint density at radius 2 is 1.84 bits per heavy atom. The summed E-state index contributed by atoms with van der Waals surface area (Å²) in [6.07, 6.45) is 0.0412. The normalized spacial score (nSPS) is 10.2. The molecule has 0 aliphatic heterocycles. The molecule has 0 bridgehead atoms. The fourth-order valence-electron chi connectivity index (χ4n) is 1.97. The van der Waals surface area contributed by atoms with Gasteiger partial charge in [-0.2, -0.15) is 0 Å². The topological polar surface area (TPSA) is 64.6 Å². The molecule has 0 fully saturated rings. The Bertz CT molecular complexity index is 764. The molecule has 2 rings (SSSR count). The number of carbonyl (C=O) groups excluding carboxylic acids is 2. The lowest BCUT2D eigenvalue weighted by Crippen LogP contribution is -2.21. The number of ether oxygens (including phenoxy) is 2. The van der Waals surface area contributed by atoms with Gasteiger partial charge in [0, 0.05) is 0 Å². The molecular weight excluding hydrogens is 365 g/mol. The van der Waals surface area contributed by atoms with E-state index < -0.39 is 18.5 Å². The Morgan fingerprint density at radius 3 is 2.60 bits per heavy atom. The molecule has 0 radical (unpaired) electrons. The first-order valence-electron chi connectivity index (χ1n) is 7.55. The average molecular weight is 382 g/mol. The highest BCUT2D eigenvalue weighted by Gasteiger charge is 2.11. The zero-order chi connectivity index (χ0) is 18.2. The van der Waals surface area contributed by atoms with Crippen LogP contribution in [0.5, 0.6) is 5.75 Å². The minimum Gasteiger partial charge on any atom is -0.493 e. The second kappa shape index (κ2) is 9.30. The largest absolute Gasteiger partial charge is 0.493 e. The van der Waals surface area contributed by atoms with Gasteiger partial charge in [-0.05, 0) is 30.7 Å². The van der Waals surface area contributed by atoms with Gasteiger partial charge in [0.25, 0.3) is 5.91 Å². The highest BCUT2D eigenvalue weighted by molar-refractivity contribution is 6.44. The van der Waals surface area contributed by atoms with Crippen LogP contribution >= 0.6 is 23.2 Å². The molecule has 0 saturated carbocycles. The zero-order valence-electron chi connectivity index (χ0n) is 13.6. The van der Waals surface area contributed by atoms with E-state index in [2.05, 4.69) is 5.32 Å². The number of aryl methyl sites for hydroxylation is 1. The molecule has 132 valence electrons. The minimum atomic E-state index is -0.527. The summed E-state index contributed by atoms with van der Waals surface area (Å²) in [6.45, 7) is 1.68. The second-order valence-electron chi connectivity index (χ2n) is 5.17. The van der Waals surface area contributed by atoms with Gasteiger partial charge in [0.05, 0.1) is 28.8 Å². The van der Waals surface area contributed by atoms with Crippen LogP contribution in [0.3, 0.4) is 0 Å². The highest BCUT2D eigenvalue weighted by atomic mass is 35.5. The fourth-order valence-corrected chi connectivity index (χ4v) is 2.32. The number of halogens is 2. The van der Waals surface area contributed by atoms with E-state index in [0.717, 1.165) is 5.56 Å². The number of nitrogens with one attached hydrogen (secondary N) is 1. The maximum absolute atomic E-state index is 11.8. The van der Waals surface area contributed by atoms with Crippen LogP contribution in [0.2, 0.25) is 10.0 Å². The van der Waals surface area contributed by atoms with Crippen LogP contribution in [0.1, 0.15) is 12.0 Å². The van der Waals surface area contributed by atoms with Crippen molar-refractivity contribution in [2.75, 3.05) is 18.5 Å². The summed E-state index contributed by atoms with van der Waals surface area (Å²) in [6, 6.07) is 12.4. The molecule has 0 saturated heterocycles. The molecule has 0 aliphatic carbocycles. The predicted molar refractivity (Wildman–Crippen MR) is 97.3 cm³/mol.